The van der Waals surface area contributed by atoms with E-state index in [9.17, 15) is 0 Å². The van der Waals surface area contributed by atoms with Crippen LogP contribution in [0.5, 0.6) is 5.88 Å². The van der Waals surface area contributed by atoms with E-state index in [-0.39, 0.29) is 12.7 Å². The van der Waals surface area contributed by atoms with Gasteiger partial charge in [0.2, 0.25) is 5.88 Å². The molecule has 4 heteroatoms. The Labute approximate surface area is 102 Å². The summed E-state index contributed by atoms with van der Waals surface area (Å²) in [7, 11) is 0. The summed E-state index contributed by atoms with van der Waals surface area (Å²) in [6.07, 6.45) is 3.66. The number of nitrogens with zero attached hydrogens (tertiary/aromatic N) is 2. The molecule has 0 bridgehead atoms. The maximum atomic E-state index is 8.87. The van der Waals surface area contributed by atoms with Gasteiger partial charge in [0.25, 0.3) is 0 Å². The highest BCUT2D eigenvalue weighted by Gasteiger charge is 2.25. The Hall–Kier alpha value is -1.16. The molecule has 3 atom stereocenters. The van der Waals surface area contributed by atoms with Gasteiger partial charge < -0.3 is 9.84 Å². The number of aliphatic hydroxyl groups is 1. The smallest absolute Gasteiger partial charge is 0.233 e. The highest BCUT2D eigenvalue weighted by atomic mass is 16.5. The minimum absolute atomic E-state index is 0.0781. The Morgan fingerprint density at radius 3 is 2.65 bits per heavy atom. The topological polar surface area (TPSA) is 55.2 Å². The second-order valence-corrected chi connectivity index (χ2v) is 5.03. The zero-order chi connectivity index (χ0) is 12.3. The van der Waals surface area contributed by atoms with Gasteiger partial charge >= 0.3 is 0 Å². The van der Waals surface area contributed by atoms with Crippen LogP contribution >= 0.6 is 0 Å². The summed E-state index contributed by atoms with van der Waals surface area (Å²) in [4.78, 5) is 0. The van der Waals surface area contributed by atoms with Crippen molar-refractivity contribution in [2.75, 3.05) is 0 Å². The summed E-state index contributed by atoms with van der Waals surface area (Å²) in [6, 6.07) is 3.53. The third-order valence-corrected chi connectivity index (χ3v) is 3.69. The van der Waals surface area contributed by atoms with Crippen molar-refractivity contribution in [1.29, 1.82) is 0 Å². The first-order chi connectivity index (χ1) is 8.19. The van der Waals surface area contributed by atoms with E-state index in [2.05, 4.69) is 24.0 Å². The molecule has 0 saturated heterocycles. The molecule has 0 aromatic carbocycles. The lowest BCUT2D eigenvalue weighted by Crippen LogP contribution is -2.29. The molecule has 0 spiro atoms. The first-order valence-corrected chi connectivity index (χ1v) is 6.29. The highest BCUT2D eigenvalue weighted by Crippen LogP contribution is 2.31. The van der Waals surface area contributed by atoms with Crippen LogP contribution in [0.25, 0.3) is 0 Å². The second-order valence-electron chi connectivity index (χ2n) is 5.03. The van der Waals surface area contributed by atoms with Crippen molar-refractivity contribution in [3.05, 3.63) is 17.8 Å². The van der Waals surface area contributed by atoms with E-state index in [1.165, 1.54) is 6.42 Å². The zero-order valence-electron chi connectivity index (χ0n) is 10.5. The highest BCUT2D eigenvalue weighted by molar-refractivity contribution is 5.11. The second kappa shape index (κ2) is 5.45. The maximum absolute atomic E-state index is 8.87. The summed E-state index contributed by atoms with van der Waals surface area (Å²) in [5.41, 5.74) is 0.572. The first kappa shape index (κ1) is 12.3. The SMILES string of the molecule is CC1CCC(Oc2ccc(CO)nn2)CC1C. The molecule has 1 heterocycles. The van der Waals surface area contributed by atoms with Gasteiger partial charge in [0.1, 0.15) is 6.10 Å². The van der Waals surface area contributed by atoms with E-state index < -0.39 is 0 Å². The standard InChI is InChI=1S/C13H20N2O2/c1-9-3-5-12(7-10(9)2)17-13-6-4-11(8-16)14-15-13/h4,6,9-10,12,16H,3,5,7-8H2,1-2H3. The quantitative estimate of drug-likeness (QED) is 0.874. The lowest BCUT2D eigenvalue weighted by molar-refractivity contribution is 0.0953. The van der Waals surface area contributed by atoms with Crippen molar-refractivity contribution in [3.8, 4) is 5.88 Å². The molecule has 1 fully saturated rings. The number of ether oxygens (including phenoxy) is 1. The van der Waals surface area contributed by atoms with E-state index in [1.807, 2.05) is 0 Å². The largest absolute Gasteiger partial charge is 0.473 e. The number of aromatic nitrogens is 2. The molecule has 17 heavy (non-hydrogen) atoms. The number of aliphatic hydroxyl groups excluding tert-OH is 1. The van der Waals surface area contributed by atoms with Crippen molar-refractivity contribution in [1.82, 2.24) is 10.2 Å². The predicted octanol–water partition coefficient (Wildman–Crippen LogP) is 2.17. The average Bonchev–Trinajstić information content (AvgIpc) is 2.35. The summed E-state index contributed by atoms with van der Waals surface area (Å²) in [5.74, 6) is 2.06. The average molecular weight is 236 g/mol. The Morgan fingerprint density at radius 2 is 2.06 bits per heavy atom. The van der Waals surface area contributed by atoms with Gasteiger partial charge in [0.05, 0.1) is 12.3 Å². The molecule has 0 radical (unpaired) electrons. The van der Waals surface area contributed by atoms with Gasteiger partial charge in [-0.25, -0.2) is 0 Å². The number of hydrogen-bond donors (Lipinski definition) is 1. The fourth-order valence-corrected chi connectivity index (χ4v) is 2.27. The third kappa shape index (κ3) is 3.16. The van der Waals surface area contributed by atoms with Crippen molar-refractivity contribution in [3.63, 3.8) is 0 Å². The van der Waals surface area contributed by atoms with Crippen LogP contribution in [0.1, 0.15) is 38.8 Å². The van der Waals surface area contributed by atoms with Crippen molar-refractivity contribution < 1.29 is 9.84 Å². The molecule has 3 unspecified atom stereocenters. The molecule has 2 rings (SSSR count). The van der Waals surface area contributed by atoms with Crippen LogP contribution in [0, 0.1) is 11.8 Å². The molecule has 1 saturated carbocycles. The van der Waals surface area contributed by atoms with Crippen LogP contribution in [-0.4, -0.2) is 21.4 Å². The minimum atomic E-state index is -0.0781. The molecule has 1 aliphatic rings. The van der Waals surface area contributed by atoms with Crippen molar-refractivity contribution in [2.45, 2.75) is 45.8 Å². The van der Waals surface area contributed by atoms with E-state index >= 15 is 0 Å². The normalized spacial score (nSPS) is 29.0. The molecule has 1 aromatic heterocycles. The van der Waals surface area contributed by atoms with Crippen LogP contribution in [0.4, 0.5) is 0 Å². The molecule has 4 nitrogen and oxygen atoms in total. The van der Waals surface area contributed by atoms with Gasteiger partial charge in [-0.15, -0.1) is 10.2 Å². The van der Waals surface area contributed by atoms with Crippen LogP contribution < -0.4 is 4.74 Å². The lowest BCUT2D eigenvalue weighted by Gasteiger charge is -2.31. The molecule has 94 valence electrons. The van der Waals surface area contributed by atoms with Crippen LogP contribution in [0.2, 0.25) is 0 Å². The van der Waals surface area contributed by atoms with Gasteiger partial charge in [-0.2, -0.15) is 0 Å². The zero-order valence-corrected chi connectivity index (χ0v) is 10.5. The Morgan fingerprint density at radius 1 is 1.24 bits per heavy atom. The van der Waals surface area contributed by atoms with Crippen LogP contribution in [-0.2, 0) is 6.61 Å². The summed E-state index contributed by atoms with van der Waals surface area (Å²) < 4.78 is 5.82. The molecule has 0 amide bonds. The molecular weight excluding hydrogens is 216 g/mol. The number of rotatable bonds is 3. The summed E-state index contributed by atoms with van der Waals surface area (Å²) in [5, 5.41) is 16.7. The van der Waals surface area contributed by atoms with Crippen LogP contribution in [0.3, 0.4) is 0 Å². The van der Waals surface area contributed by atoms with E-state index in [0.29, 0.717) is 17.5 Å². The minimum Gasteiger partial charge on any atom is -0.473 e. The van der Waals surface area contributed by atoms with E-state index in [4.69, 9.17) is 9.84 Å². The molecule has 1 aromatic rings. The third-order valence-electron chi connectivity index (χ3n) is 3.69. The fraction of sp³-hybridized carbons (Fsp3) is 0.692. The van der Waals surface area contributed by atoms with E-state index in [0.717, 1.165) is 18.8 Å². The molecular formula is C13H20N2O2. The fourth-order valence-electron chi connectivity index (χ4n) is 2.27. The molecule has 1 N–H and O–H groups in total. The van der Waals surface area contributed by atoms with Gasteiger partial charge in [0.15, 0.2) is 0 Å². The Kier molecular flexibility index (Phi) is 3.94. The van der Waals surface area contributed by atoms with Crippen molar-refractivity contribution in [2.24, 2.45) is 11.8 Å². The predicted molar refractivity (Wildman–Crippen MR) is 64.5 cm³/mol. The van der Waals surface area contributed by atoms with Crippen molar-refractivity contribution >= 4 is 0 Å². The summed E-state index contributed by atoms with van der Waals surface area (Å²) in [6.45, 7) is 4.50. The first-order valence-electron chi connectivity index (χ1n) is 6.29. The molecule has 0 aliphatic heterocycles. The molecule has 1 aliphatic carbocycles. The van der Waals surface area contributed by atoms with Gasteiger partial charge in [-0.05, 0) is 37.2 Å². The van der Waals surface area contributed by atoms with E-state index in [1.54, 1.807) is 12.1 Å². The summed E-state index contributed by atoms with van der Waals surface area (Å²) >= 11 is 0. The van der Waals surface area contributed by atoms with Gasteiger partial charge in [-0.3, -0.25) is 0 Å². The monoisotopic (exact) mass is 236 g/mol. The Bertz CT molecular complexity index is 353. The maximum Gasteiger partial charge on any atom is 0.233 e. The number of hydrogen-bond acceptors (Lipinski definition) is 4. The van der Waals surface area contributed by atoms with Crippen LogP contribution in [0.15, 0.2) is 12.1 Å². The lowest BCUT2D eigenvalue weighted by atomic mass is 9.80. The Balaban J connectivity index is 1.92. The van der Waals surface area contributed by atoms with Gasteiger partial charge in [-0.1, -0.05) is 13.8 Å². The van der Waals surface area contributed by atoms with Gasteiger partial charge in [0, 0.05) is 6.07 Å².